The second-order valence-electron chi connectivity index (χ2n) is 7.56. The number of carbonyl (C=O) groups is 1. The smallest absolute Gasteiger partial charge is 0.331 e. The summed E-state index contributed by atoms with van der Waals surface area (Å²) in [6, 6.07) is 7.46. The molecule has 132 valence electrons. The molecule has 1 aliphatic rings. The highest BCUT2D eigenvalue weighted by Crippen LogP contribution is 2.34. The molecule has 0 radical (unpaired) electrons. The monoisotopic (exact) mass is 333 g/mol. The molecule has 0 fully saturated rings. The van der Waals surface area contributed by atoms with Gasteiger partial charge in [0.2, 0.25) is 0 Å². The minimum Gasteiger partial charge on any atom is -0.461 e. The van der Waals surface area contributed by atoms with Crippen molar-refractivity contribution in [3.8, 4) is 0 Å². The van der Waals surface area contributed by atoms with Crippen LogP contribution in [0.25, 0.3) is 0 Å². The van der Waals surface area contributed by atoms with Crippen molar-refractivity contribution in [2.75, 3.05) is 0 Å². The maximum atomic E-state index is 12.7. The first kappa shape index (κ1) is 18.2. The largest absolute Gasteiger partial charge is 0.461 e. The van der Waals surface area contributed by atoms with E-state index in [1.165, 1.54) is 0 Å². The molecular formula is C17H27N5O2. The van der Waals surface area contributed by atoms with E-state index in [4.69, 9.17) is 10.5 Å². The number of nitrogens with zero attached hydrogens (tertiary/aromatic N) is 1. The van der Waals surface area contributed by atoms with E-state index in [9.17, 15) is 4.79 Å². The second-order valence-corrected chi connectivity index (χ2v) is 7.56. The number of hydrogen-bond donors (Lipinski definition) is 4. The molecule has 7 nitrogen and oxygen atoms in total. The third-order valence-corrected chi connectivity index (χ3v) is 3.59. The van der Waals surface area contributed by atoms with E-state index in [0.29, 0.717) is 12.3 Å². The molecule has 0 aromatic heterocycles. The summed E-state index contributed by atoms with van der Waals surface area (Å²) in [7, 11) is 0. The van der Waals surface area contributed by atoms with Crippen LogP contribution in [0.3, 0.4) is 0 Å². The highest BCUT2D eigenvalue weighted by atomic mass is 16.5. The third-order valence-electron chi connectivity index (χ3n) is 3.59. The summed E-state index contributed by atoms with van der Waals surface area (Å²) in [4.78, 5) is 12.7. The predicted octanol–water partition coefficient (Wildman–Crippen LogP) is 1.50. The topological polar surface area (TPSA) is 101 Å². The van der Waals surface area contributed by atoms with E-state index in [-0.39, 0.29) is 11.5 Å². The molecular weight excluding hydrogens is 306 g/mol. The average molecular weight is 333 g/mol. The molecule has 1 atom stereocenters. The minimum atomic E-state index is -1.19. The van der Waals surface area contributed by atoms with Gasteiger partial charge in [-0.25, -0.2) is 10.3 Å². The summed E-state index contributed by atoms with van der Waals surface area (Å²) < 4.78 is 5.43. The van der Waals surface area contributed by atoms with Crippen LogP contribution in [0.2, 0.25) is 0 Å². The Morgan fingerprint density at radius 3 is 2.33 bits per heavy atom. The number of nitrogens with one attached hydrogen (secondary N) is 3. The van der Waals surface area contributed by atoms with Gasteiger partial charge in [0.15, 0.2) is 5.84 Å². The van der Waals surface area contributed by atoms with Gasteiger partial charge in [-0.05, 0) is 31.2 Å². The van der Waals surface area contributed by atoms with Crippen LogP contribution in [0, 0.1) is 5.41 Å². The average Bonchev–Trinajstić information content (AvgIpc) is 2.99. The first-order chi connectivity index (χ1) is 11.1. The number of nitrogens with two attached hydrogens (primary N) is 1. The maximum absolute atomic E-state index is 12.7. The number of benzene rings is 1. The van der Waals surface area contributed by atoms with Crippen molar-refractivity contribution in [2.45, 2.75) is 52.7 Å². The van der Waals surface area contributed by atoms with E-state index < -0.39 is 11.5 Å². The van der Waals surface area contributed by atoms with Crippen LogP contribution in [0.15, 0.2) is 29.4 Å². The molecule has 0 saturated carbocycles. The normalized spacial score (nSPS) is 16.9. The number of amidine groups is 1. The van der Waals surface area contributed by atoms with Crippen LogP contribution in [0.1, 0.15) is 52.2 Å². The van der Waals surface area contributed by atoms with E-state index in [0.717, 1.165) is 11.1 Å². The van der Waals surface area contributed by atoms with Crippen LogP contribution < -0.4 is 22.2 Å². The first-order valence-electron chi connectivity index (χ1n) is 8.06. The second kappa shape index (κ2) is 6.78. The zero-order valence-corrected chi connectivity index (χ0v) is 14.9. The molecule has 1 aliphatic heterocycles. The summed E-state index contributed by atoms with van der Waals surface area (Å²) in [5.74, 6) is 0.268. The van der Waals surface area contributed by atoms with Gasteiger partial charge in [-0.15, -0.1) is 10.6 Å². The number of ether oxygens (including phenoxy) is 1. The quantitative estimate of drug-likeness (QED) is 0.609. The Kier molecular flexibility index (Phi) is 5.15. The third kappa shape index (κ3) is 4.24. The molecule has 5 N–H and O–H groups in total. The fraction of sp³-hybridized carbons (Fsp3) is 0.529. The van der Waals surface area contributed by atoms with Crippen molar-refractivity contribution in [3.63, 3.8) is 0 Å². The molecule has 1 heterocycles. The molecule has 0 aliphatic carbocycles. The number of hydrazine groups is 2. The van der Waals surface area contributed by atoms with Gasteiger partial charge >= 0.3 is 5.97 Å². The molecule has 0 bridgehead atoms. The van der Waals surface area contributed by atoms with Crippen molar-refractivity contribution in [1.82, 2.24) is 16.5 Å². The van der Waals surface area contributed by atoms with Crippen LogP contribution in [-0.4, -0.2) is 17.9 Å². The Labute approximate surface area is 143 Å². The number of esters is 1. The minimum absolute atomic E-state index is 0.131. The van der Waals surface area contributed by atoms with Gasteiger partial charge < -0.3 is 10.5 Å². The van der Waals surface area contributed by atoms with Crippen LogP contribution in [0.4, 0.5) is 0 Å². The van der Waals surface area contributed by atoms with Crippen molar-refractivity contribution >= 4 is 11.8 Å². The summed E-state index contributed by atoms with van der Waals surface area (Å²) in [6.07, 6.45) is 0.265. The zero-order chi connectivity index (χ0) is 18.0. The lowest BCUT2D eigenvalue weighted by Crippen LogP contribution is -2.49. The highest BCUT2D eigenvalue weighted by molar-refractivity contribution is 5.99. The van der Waals surface area contributed by atoms with Crippen molar-refractivity contribution in [3.05, 3.63) is 35.4 Å². The van der Waals surface area contributed by atoms with E-state index in [1.807, 2.05) is 38.1 Å². The van der Waals surface area contributed by atoms with Crippen LogP contribution in [-0.2, 0) is 15.1 Å². The van der Waals surface area contributed by atoms with E-state index in [1.54, 1.807) is 0 Å². The van der Waals surface area contributed by atoms with Gasteiger partial charge in [0.1, 0.15) is 5.54 Å². The maximum Gasteiger partial charge on any atom is 0.331 e. The number of carbonyl (C=O) groups excluding carboxylic acids is 1. The van der Waals surface area contributed by atoms with Crippen LogP contribution in [0.5, 0.6) is 0 Å². The first-order valence-corrected chi connectivity index (χ1v) is 8.06. The van der Waals surface area contributed by atoms with Gasteiger partial charge in [0, 0.05) is 5.56 Å². The Morgan fingerprint density at radius 1 is 1.25 bits per heavy atom. The molecule has 1 aromatic rings. The summed E-state index contributed by atoms with van der Waals surface area (Å²) >= 11 is 0. The summed E-state index contributed by atoms with van der Waals surface area (Å²) in [6.45, 7) is 9.81. The Morgan fingerprint density at radius 2 is 1.88 bits per heavy atom. The molecule has 0 saturated heterocycles. The van der Waals surface area contributed by atoms with Crippen molar-refractivity contribution in [2.24, 2.45) is 16.3 Å². The fourth-order valence-corrected chi connectivity index (χ4v) is 2.71. The molecule has 24 heavy (non-hydrogen) atoms. The van der Waals surface area contributed by atoms with Crippen molar-refractivity contribution in [1.29, 1.82) is 0 Å². The predicted molar refractivity (Wildman–Crippen MR) is 93.6 cm³/mol. The molecule has 0 amide bonds. The lowest BCUT2D eigenvalue weighted by Gasteiger charge is -2.34. The summed E-state index contributed by atoms with van der Waals surface area (Å²) in [5.41, 5.74) is 15.0. The fourth-order valence-electron chi connectivity index (χ4n) is 2.71. The van der Waals surface area contributed by atoms with E-state index >= 15 is 0 Å². The number of hydrogen-bond acceptors (Lipinski definition) is 7. The Bertz CT molecular complexity index is 619. The van der Waals surface area contributed by atoms with E-state index in [2.05, 4.69) is 42.4 Å². The van der Waals surface area contributed by atoms with Crippen molar-refractivity contribution < 1.29 is 9.53 Å². The molecule has 0 spiro atoms. The number of rotatable bonds is 5. The molecule has 2 rings (SSSR count). The summed E-state index contributed by atoms with van der Waals surface area (Å²) in [5, 5.41) is 4.05. The van der Waals surface area contributed by atoms with Gasteiger partial charge in [-0.2, -0.15) is 0 Å². The standard InChI is InChI=1S/C17H27N5O2/c1-11(2)24-15(23)17(18,10-16(3,4)5)13-8-6-12(7-9-13)14-19-21-22-20-14/h6-9,11,21-22H,10,18H2,1-5H3,(H,19,20). The number of hydrazone groups is 1. The van der Waals surface area contributed by atoms with Gasteiger partial charge in [-0.1, -0.05) is 45.0 Å². The lowest BCUT2D eigenvalue weighted by atomic mass is 9.76. The lowest BCUT2D eigenvalue weighted by molar-refractivity contribution is -0.156. The highest BCUT2D eigenvalue weighted by Gasteiger charge is 2.41. The zero-order valence-electron chi connectivity index (χ0n) is 14.9. The van der Waals surface area contributed by atoms with Gasteiger partial charge in [0.25, 0.3) is 0 Å². The Balaban J connectivity index is 2.33. The molecule has 7 heteroatoms. The SMILES string of the molecule is CC(C)OC(=O)C(N)(CC(C)(C)C)c1ccc(C2=NNNN2)cc1. The van der Waals surface area contributed by atoms with Crippen LogP contribution >= 0.6 is 0 Å². The van der Waals surface area contributed by atoms with Gasteiger partial charge in [-0.3, -0.25) is 5.43 Å². The molecule has 1 unspecified atom stereocenters. The molecule has 1 aromatic carbocycles. The van der Waals surface area contributed by atoms with Gasteiger partial charge in [0.05, 0.1) is 6.10 Å². The Hall–Kier alpha value is -2.12.